The van der Waals surface area contributed by atoms with Gasteiger partial charge in [0, 0.05) is 19.3 Å². The number of esters is 3. The van der Waals surface area contributed by atoms with Gasteiger partial charge in [0.15, 0.2) is 6.10 Å². The van der Waals surface area contributed by atoms with E-state index in [1.54, 1.807) is 0 Å². The first kappa shape index (κ1) is 61.4. The molecule has 6 nitrogen and oxygen atoms in total. The molecule has 0 spiro atoms. The van der Waals surface area contributed by atoms with Crippen molar-refractivity contribution in [2.24, 2.45) is 17.8 Å². The molecule has 0 fully saturated rings. The SMILES string of the molecule is CCC(C)CCCCCCCCCCCCCCCCCCCCC(=O)OC[C@H](COC(=O)CCCCCCCCC(C)C)OC(=O)CCCCCCCCCCCCC(C)CC. The topological polar surface area (TPSA) is 78.9 Å². The van der Waals surface area contributed by atoms with Crippen LogP contribution >= 0.6 is 0 Å². The number of carbonyl (C=O) groups is 3. The predicted molar refractivity (Wildman–Crippen MR) is 270 cm³/mol. The van der Waals surface area contributed by atoms with Crippen LogP contribution in [0, 0.1) is 17.8 Å². The van der Waals surface area contributed by atoms with Crippen molar-refractivity contribution in [1.82, 2.24) is 0 Å². The summed E-state index contributed by atoms with van der Waals surface area (Å²) in [7, 11) is 0. The van der Waals surface area contributed by atoms with Gasteiger partial charge in [0.05, 0.1) is 0 Å². The van der Waals surface area contributed by atoms with E-state index in [0.717, 1.165) is 75.5 Å². The van der Waals surface area contributed by atoms with Crippen LogP contribution in [-0.2, 0) is 28.6 Å². The molecule has 0 aromatic carbocycles. The first-order valence-electron chi connectivity index (χ1n) is 28.2. The fourth-order valence-electron chi connectivity index (χ4n) is 8.58. The van der Waals surface area contributed by atoms with Crippen LogP contribution in [0.2, 0.25) is 0 Å². The molecule has 2 unspecified atom stereocenters. The van der Waals surface area contributed by atoms with Gasteiger partial charge in [-0.25, -0.2) is 0 Å². The van der Waals surface area contributed by atoms with Gasteiger partial charge in [0.1, 0.15) is 13.2 Å². The maximum atomic E-state index is 12.8. The van der Waals surface area contributed by atoms with Gasteiger partial charge >= 0.3 is 17.9 Å². The Bertz CT molecular complexity index is 980. The lowest BCUT2D eigenvalue weighted by molar-refractivity contribution is -0.167. The van der Waals surface area contributed by atoms with E-state index < -0.39 is 6.10 Å². The lowest BCUT2D eigenvalue weighted by Gasteiger charge is -2.18. The van der Waals surface area contributed by atoms with Crippen LogP contribution in [0.15, 0.2) is 0 Å². The van der Waals surface area contributed by atoms with Crippen LogP contribution in [0.4, 0.5) is 0 Å². The van der Waals surface area contributed by atoms with Crippen molar-refractivity contribution >= 4 is 17.9 Å². The Labute approximate surface area is 393 Å². The highest BCUT2D eigenvalue weighted by Crippen LogP contribution is 2.19. The third kappa shape index (κ3) is 48.2. The summed E-state index contributed by atoms with van der Waals surface area (Å²) in [5.74, 6) is 1.69. The number of hydrogen-bond donors (Lipinski definition) is 0. The lowest BCUT2D eigenvalue weighted by Crippen LogP contribution is -2.30. The van der Waals surface area contributed by atoms with E-state index in [4.69, 9.17) is 14.2 Å². The predicted octanol–water partition coefficient (Wildman–Crippen LogP) is 18.3. The molecular weight excluding hydrogens is 781 g/mol. The second-order valence-electron chi connectivity index (χ2n) is 20.5. The second-order valence-corrected chi connectivity index (χ2v) is 20.5. The Kier molecular flexibility index (Phi) is 47.1. The summed E-state index contributed by atoms with van der Waals surface area (Å²) in [6.45, 7) is 13.7. The molecule has 374 valence electrons. The van der Waals surface area contributed by atoms with Crippen LogP contribution < -0.4 is 0 Å². The molecule has 6 heteroatoms. The molecule has 0 aromatic heterocycles. The van der Waals surface area contributed by atoms with E-state index in [1.165, 1.54) is 193 Å². The molecule has 0 rings (SSSR count). The van der Waals surface area contributed by atoms with Crippen LogP contribution in [0.1, 0.15) is 311 Å². The Balaban J connectivity index is 4.18. The van der Waals surface area contributed by atoms with Crippen molar-refractivity contribution in [2.75, 3.05) is 13.2 Å². The van der Waals surface area contributed by atoms with Gasteiger partial charge in [-0.15, -0.1) is 0 Å². The summed E-state index contributed by atoms with van der Waals surface area (Å²) in [6, 6.07) is 0. The zero-order valence-electron chi connectivity index (χ0n) is 43.4. The normalized spacial score (nSPS) is 13.0. The van der Waals surface area contributed by atoms with E-state index in [9.17, 15) is 14.4 Å². The number of hydrogen-bond acceptors (Lipinski definition) is 6. The average Bonchev–Trinajstić information content (AvgIpc) is 3.27. The van der Waals surface area contributed by atoms with Crippen molar-refractivity contribution in [2.45, 2.75) is 317 Å². The monoisotopic (exact) mass is 891 g/mol. The van der Waals surface area contributed by atoms with Crippen molar-refractivity contribution < 1.29 is 28.6 Å². The smallest absolute Gasteiger partial charge is 0.306 e. The maximum Gasteiger partial charge on any atom is 0.306 e. The maximum absolute atomic E-state index is 12.8. The first-order valence-corrected chi connectivity index (χ1v) is 28.2. The summed E-state index contributed by atoms with van der Waals surface area (Å²) < 4.78 is 16.8. The molecule has 0 saturated heterocycles. The Morgan fingerprint density at radius 1 is 0.317 bits per heavy atom. The molecule has 0 N–H and O–H groups in total. The summed E-state index contributed by atoms with van der Waals surface area (Å²) in [5.41, 5.74) is 0. The zero-order valence-corrected chi connectivity index (χ0v) is 43.4. The summed E-state index contributed by atoms with van der Waals surface area (Å²) in [5, 5.41) is 0. The van der Waals surface area contributed by atoms with Crippen LogP contribution in [0.3, 0.4) is 0 Å². The third-order valence-electron chi connectivity index (χ3n) is 13.6. The molecular formula is C57H110O6. The van der Waals surface area contributed by atoms with Crippen LogP contribution in [0.5, 0.6) is 0 Å². The van der Waals surface area contributed by atoms with E-state index in [2.05, 4.69) is 41.5 Å². The highest BCUT2D eigenvalue weighted by molar-refractivity contribution is 5.71. The average molecular weight is 892 g/mol. The fraction of sp³-hybridized carbons (Fsp3) is 0.947. The number of rotatable bonds is 50. The number of ether oxygens (including phenoxy) is 3. The van der Waals surface area contributed by atoms with Gasteiger partial charge in [-0.3, -0.25) is 14.4 Å². The Morgan fingerprint density at radius 3 is 0.825 bits per heavy atom. The quantitative estimate of drug-likeness (QED) is 0.0344. The first-order chi connectivity index (χ1) is 30.7. The third-order valence-corrected chi connectivity index (χ3v) is 13.6. The fourth-order valence-corrected chi connectivity index (χ4v) is 8.58. The summed E-state index contributed by atoms with van der Waals surface area (Å²) in [6.07, 6.45) is 49.6. The molecule has 3 atom stereocenters. The molecule has 0 amide bonds. The van der Waals surface area contributed by atoms with Crippen molar-refractivity contribution in [3.8, 4) is 0 Å². The molecule has 0 saturated carbocycles. The highest BCUT2D eigenvalue weighted by atomic mass is 16.6. The van der Waals surface area contributed by atoms with Crippen LogP contribution in [0.25, 0.3) is 0 Å². The van der Waals surface area contributed by atoms with Crippen molar-refractivity contribution in [1.29, 1.82) is 0 Å². The van der Waals surface area contributed by atoms with E-state index in [0.29, 0.717) is 19.3 Å². The number of unbranched alkanes of at least 4 members (excludes halogenated alkanes) is 31. The summed E-state index contributed by atoms with van der Waals surface area (Å²) >= 11 is 0. The molecule has 0 aliphatic heterocycles. The van der Waals surface area contributed by atoms with Crippen LogP contribution in [-0.4, -0.2) is 37.2 Å². The minimum Gasteiger partial charge on any atom is -0.462 e. The standard InChI is InChI=1S/C57H110O6/c1-7-52(5)44-38-32-25-21-17-15-13-11-9-10-12-14-16-18-23-27-34-40-46-55(58)61-49-54(50-62-56(59)47-41-35-30-29-31-37-43-51(3)4)63-57(60)48-42-36-28-24-20-19-22-26-33-39-45-53(6)8-2/h51-54H,7-50H2,1-6H3/t52?,53?,54-/m1/s1. The Morgan fingerprint density at radius 2 is 0.556 bits per heavy atom. The van der Waals surface area contributed by atoms with E-state index >= 15 is 0 Å². The minimum atomic E-state index is -0.763. The largest absolute Gasteiger partial charge is 0.462 e. The van der Waals surface area contributed by atoms with E-state index in [1.807, 2.05) is 0 Å². The highest BCUT2D eigenvalue weighted by Gasteiger charge is 2.19. The van der Waals surface area contributed by atoms with Gasteiger partial charge in [-0.2, -0.15) is 0 Å². The van der Waals surface area contributed by atoms with Gasteiger partial charge in [-0.1, -0.05) is 273 Å². The van der Waals surface area contributed by atoms with Gasteiger partial charge < -0.3 is 14.2 Å². The van der Waals surface area contributed by atoms with Gasteiger partial charge in [0.2, 0.25) is 0 Å². The molecule has 0 aliphatic rings. The lowest BCUT2D eigenvalue weighted by atomic mass is 9.99. The molecule has 0 bridgehead atoms. The molecule has 63 heavy (non-hydrogen) atoms. The van der Waals surface area contributed by atoms with E-state index in [-0.39, 0.29) is 31.1 Å². The Hall–Kier alpha value is -1.59. The van der Waals surface area contributed by atoms with Gasteiger partial charge in [-0.05, 0) is 37.0 Å². The molecule has 0 aliphatic carbocycles. The summed E-state index contributed by atoms with van der Waals surface area (Å²) in [4.78, 5) is 38.0. The molecule has 0 aromatic rings. The minimum absolute atomic E-state index is 0.0649. The van der Waals surface area contributed by atoms with Gasteiger partial charge in [0.25, 0.3) is 0 Å². The van der Waals surface area contributed by atoms with Crippen molar-refractivity contribution in [3.63, 3.8) is 0 Å². The second kappa shape index (κ2) is 48.3. The van der Waals surface area contributed by atoms with Crippen molar-refractivity contribution in [3.05, 3.63) is 0 Å². The zero-order chi connectivity index (χ0) is 46.3. The number of carbonyl (C=O) groups excluding carboxylic acids is 3. The molecule has 0 radical (unpaired) electrons. The molecule has 0 heterocycles.